The summed E-state index contributed by atoms with van der Waals surface area (Å²) in [6.45, 7) is 2.02. The molecule has 2 nitrogen and oxygen atoms in total. The summed E-state index contributed by atoms with van der Waals surface area (Å²) in [5.41, 5.74) is 5.35. The van der Waals surface area contributed by atoms with Crippen LogP contribution in [-0.2, 0) is 4.74 Å². The van der Waals surface area contributed by atoms with Gasteiger partial charge in [-0.05, 0) is 13.3 Å². The summed E-state index contributed by atoms with van der Waals surface area (Å²) in [7, 11) is 0. The Morgan fingerprint density at radius 1 is 1.86 bits per heavy atom. The highest BCUT2D eigenvalue weighted by molar-refractivity contribution is 4.81. The molecule has 7 heavy (non-hydrogen) atoms. The van der Waals surface area contributed by atoms with Crippen molar-refractivity contribution in [1.29, 1.82) is 0 Å². The summed E-state index contributed by atoms with van der Waals surface area (Å²) in [5, 5.41) is 0. The fourth-order valence-corrected chi connectivity index (χ4v) is 0.705. The van der Waals surface area contributed by atoms with Crippen LogP contribution in [0, 0.1) is 6.42 Å². The van der Waals surface area contributed by atoms with E-state index in [0.29, 0.717) is 6.10 Å². The first-order valence-corrected chi connectivity index (χ1v) is 2.53. The molecule has 1 radical (unpaired) electrons. The molecule has 0 aromatic rings. The van der Waals surface area contributed by atoms with E-state index in [4.69, 9.17) is 10.5 Å². The molecule has 41 valence electrons. The van der Waals surface area contributed by atoms with Crippen LogP contribution in [-0.4, -0.2) is 12.3 Å². The summed E-state index contributed by atoms with van der Waals surface area (Å²) < 4.78 is 5.08. The summed E-state index contributed by atoms with van der Waals surface area (Å²) in [5.74, 6) is 0. The highest BCUT2D eigenvalue weighted by Crippen LogP contribution is 2.12. The van der Waals surface area contributed by atoms with E-state index >= 15 is 0 Å². The van der Waals surface area contributed by atoms with Gasteiger partial charge in [0, 0.05) is 6.42 Å². The zero-order valence-corrected chi connectivity index (χ0v) is 4.42. The van der Waals surface area contributed by atoms with Gasteiger partial charge in [0.05, 0.1) is 6.10 Å². The van der Waals surface area contributed by atoms with Crippen LogP contribution in [0.5, 0.6) is 0 Å². The largest absolute Gasteiger partial charge is 0.360 e. The highest BCUT2D eigenvalue weighted by atomic mass is 16.5. The van der Waals surface area contributed by atoms with Crippen molar-refractivity contribution in [1.82, 2.24) is 0 Å². The number of rotatable bonds is 0. The molecule has 2 atom stereocenters. The third kappa shape index (κ3) is 1.14. The molecule has 1 aliphatic heterocycles. The van der Waals surface area contributed by atoms with E-state index < -0.39 is 0 Å². The van der Waals surface area contributed by atoms with Crippen LogP contribution in [0.4, 0.5) is 0 Å². The molecule has 0 amide bonds. The van der Waals surface area contributed by atoms with Crippen molar-refractivity contribution in [2.45, 2.75) is 25.7 Å². The topological polar surface area (TPSA) is 35.2 Å². The first kappa shape index (κ1) is 5.06. The van der Waals surface area contributed by atoms with Gasteiger partial charge in [-0.25, -0.2) is 0 Å². The molecule has 2 N–H and O–H groups in total. The van der Waals surface area contributed by atoms with Crippen LogP contribution in [0.15, 0.2) is 0 Å². The van der Waals surface area contributed by atoms with Crippen LogP contribution in [0.1, 0.15) is 13.3 Å². The molecule has 2 unspecified atom stereocenters. The van der Waals surface area contributed by atoms with Gasteiger partial charge < -0.3 is 10.5 Å². The van der Waals surface area contributed by atoms with E-state index in [0.717, 1.165) is 6.42 Å². The monoisotopic (exact) mass is 100 g/mol. The Kier molecular flexibility index (Phi) is 1.30. The van der Waals surface area contributed by atoms with Gasteiger partial charge >= 0.3 is 0 Å². The summed E-state index contributed by atoms with van der Waals surface area (Å²) >= 11 is 0. The van der Waals surface area contributed by atoms with Gasteiger partial charge in [0.25, 0.3) is 0 Å². The zero-order valence-electron chi connectivity index (χ0n) is 4.42. The van der Waals surface area contributed by atoms with E-state index in [1.54, 1.807) is 0 Å². The van der Waals surface area contributed by atoms with E-state index in [1.165, 1.54) is 0 Å². The van der Waals surface area contributed by atoms with E-state index in [2.05, 4.69) is 0 Å². The lowest BCUT2D eigenvalue weighted by Gasteiger charge is -2.01. The number of nitrogens with two attached hydrogens (primary N) is 1. The molecule has 1 rings (SSSR count). The van der Waals surface area contributed by atoms with Crippen molar-refractivity contribution in [3.63, 3.8) is 0 Å². The van der Waals surface area contributed by atoms with Gasteiger partial charge in [-0.3, -0.25) is 0 Å². The van der Waals surface area contributed by atoms with Crippen molar-refractivity contribution < 1.29 is 4.74 Å². The lowest BCUT2D eigenvalue weighted by Crippen LogP contribution is -2.18. The SMILES string of the molecule is CC1C[CH]C(N)O1. The van der Waals surface area contributed by atoms with Gasteiger partial charge in [-0.2, -0.15) is 0 Å². The first-order chi connectivity index (χ1) is 3.29. The number of hydrogen-bond acceptors (Lipinski definition) is 2. The number of ether oxygens (including phenoxy) is 1. The molecular weight excluding hydrogens is 90.1 g/mol. The van der Waals surface area contributed by atoms with E-state index in [9.17, 15) is 0 Å². The maximum Gasteiger partial charge on any atom is 0.109 e. The summed E-state index contributed by atoms with van der Waals surface area (Å²) in [4.78, 5) is 0. The molecule has 0 aromatic carbocycles. The van der Waals surface area contributed by atoms with Crippen molar-refractivity contribution in [3.8, 4) is 0 Å². The minimum Gasteiger partial charge on any atom is -0.360 e. The van der Waals surface area contributed by atoms with Crippen LogP contribution in [0.2, 0.25) is 0 Å². The number of hydrogen-bond donors (Lipinski definition) is 1. The zero-order chi connectivity index (χ0) is 5.28. The molecule has 0 spiro atoms. The van der Waals surface area contributed by atoms with Crippen LogP contribution < -0.4 is 5.73 Å². The molecule has 0 aromatic heterocycles. The molecule has 0 saturated carbocycles. The second-order valence-corrected chi connectivity index (χ2v) is 1.88. The van der Waals surface area contributed by atoms with Gasteiger partial charge in [-0.1, -0.05) is 0 Å². The van der Waals surface area contributed by atoms with Crippen LogP contribution in [0.25, 0.3) is 0 Å². The smallest absolute Gasteiger partial charge is 0.109 e. The summed E-state index contributed by atoms with van der Waals surface area (Å²) in [6.07, 6.45) is 3.22. The summed E-state index contributed by atoms with van der Waals surface area (Å²) in [6, 6.07) is 0. The lowest BCUT2D eigenvalue weighted by molar-refractivity contribution is 0.0672. The van der Waals surface area contributed by atoms with Gasteiger partial charge in [-0.15, -0.1) is 0 Å². The Bertz CT molecular complexity index is 57.1. The third-order valence-corrected chi connectivity index (χ3v) is 1.09. The quantitative estimate of drug-likeness (QED) is 0.474. The van der Waals surface area contributed by atoms with Crippen molar-refractivity contribution in [2.24, 2.45) is 5.73 Å². The average Bonchev–Trinajstić information content (AvgIpc) is 1.87. The standard InChI is InChI=1S/C5H10NO/c1-4-2-3-5(6)7-4/h3-5H,2,6H2,1H3. The predicted molar refractivity (Wildman–Crippen MR) is 27.4 cm³/mol. The average molecular weight is 100 g/mol. The third-order valence-electron chi connectivity index (χ3n) is 1.09. The van der Waals surface area contributed by atoms with E-state index in [1.807, 2.05) is 13.3 Å². The molecule has 1 aliphatic rings. The van der Waals surface area contributed by atoms with Crippen molar-refractivity contribution in [2.75, 3.05) is 0 Å². The lowest BCUT2D eigenvalue weighted by atomic mass is 10.2. The second-order valence-electron chi connectivity index (χ2n) is 1.88. The first-order valence-electron chi connectivity index (χ1n) is 2.53. The Morgan fingerprint density at radius 3 is 2.71 bits per heavy atom. The van der Waals surface area contributed by atoms with Crippen LogP contribution >= 0.6 is 0 Å². The Balaban J connectivity index is 2.26. The fraction of sp³-hybridized carbons (Fsp3) is 0.800. The second kappa shape index (κ2) is 1.80. The highest BCUT2D eigenvalue weighted by Gasteiger charge is 2.17. The molecular formula is C5H10NO. The van der Waals surface area contributed by atoms with Crippen LogP contribution in [0.3, 0.4) is 0 Å². The van der Waals surface area contributed by atoms with Gasteiger partial charge in [0.1, 0.15) is 6.23 Å². The minimum atomic E-state index is -0.102. The Labute approximate surface area is 43.6 Å². The molecule has 2 heteroatoms. The molecule has 1 heterocycles. The molecule has 0 bridgehead atoms. The normalized spacial score (nSPS) is 42.0. The Morgan fingerprint density at radius 2 is 2.57 bits per heavy atom. The molecule has 1 fully saturated rings. The maximum absolute atomic E-state index is 5.35. The molecule has 0 aliphatic carbocycles. The fourth-order valence-electron chi connectivity index (χ4n) is 0.705. The van der Waals surface area contributed by atoms with Gasteiger partial charge in [0.2, 0.25) is 0 Å². The molecule has 1 saturated heterocycles. The van der Waals surface area contributed by atoms with Gasteiger partial charge in [0.15, 0.2) is 0 Å². The van der Waals surface area contributed by atoms with Crippen molar-refractivity contribution >= 4 is 0 Å². The minimum absolute atomic E-state index is 0.102. The Hall–Kier alpha value is -0.0800. The maximum atomic E-state index is 5.35. The van der Waals surface area contributed by atoms with E-state index in [-0.39, 0.29) is 6.23 Å². The van der Waals surface area contributed by atoms with Crippen molar-refractivity contribution in [3.05, 3.63) is 6.42 Å². The predicted octanol–water partition coefficient (Wildman–Crippen LogP) is 0.284.